The van der Waals surface area contributed by atoms with Gasteiger partial charge in [-0.1, -0.05) is 12.1 Å². The molecule has 0 saturated heterocycles. The largest absolute Gasteiger partial charge is 0.481 e. The number of hydrogen-bond donors (Lipinski definition) is 1. The Morgan fingerprint density at radius 1 is 1.65 bits per heavy atom. The predicted octanol–water partition coefficient (Wildman–Crippen LogP) is 0.470. The minimum atomic E-state index is -3.59. The highest BCUT2D eigenvalue weighted by Gasteiger charge is 2.25. The van der Waals surface area contributed by atoms with Crippen LogP contribution in [-0.4, -0.2) is 37.5 Å². The van der Waals surface area contributed by atoms with E-state index in [-0.39, 0.29) is 12.4 Å². The summed E-state index contributed by atoms with van der Waals surface area (Å²) in [5.41, 5.74) is 0. The number of nitrogens with zero attached hydrogens (tertiary/aromatic N) is 2. The van der Waals surface area contributed by atoms with Gasteiger partial charge in [0.2, 0.25) is 10.0 Å². The van der Waals surface area contributed by atoms with Gasteiger partial charge in [-0.3, -0.25) is 9.10 Å². The molecule has 1 aromatic rings. The number of hydrogen-bond acceptors (Lipinski definition) is 5. The second-order valence-electron chi connectivity index (χ2n) is 3.83. The quantitative estimate of drug-likeness (QED) is 0.827. The van der Waals surface area contributed by atoms with Gasteiger partial charge in [0, 0.05) is 12.6 Å². The maximum atomic E-state index is 11.6. The number of sulfonamides is 1. The highest BCUT2D eigenvalue weighted by molar-refractivity contribution is 7.92. The summed E-state index contributed by atoms with van der Waals surface area (Å²) in [7, 11) is -3.59. The van der Waals surface area contributed by atoms with E-state index >= 15 is 0 Å². The summed E-state index contributed by atoms with van der Waals surface area (Å²) in [6.07, 6.45) is 0.992. The minimum Gasteiger partial charge on any atom is -0.481 e. The van der Waals surface area contributed by atoms with E-state index in [0.29, 0.717) is 5.76 Å². The van der Waals surface area contributed by atoms with E-state index in [0.717, 1.165) is 10.6 Å². The van der Waals surface area contributed by atoms with Crippen LogP contribution in [0.5, 0.6) is 0 Å². The summed E-state index contributed by atoms with van der Waals surface area (Å²) in [5.74, 6) is -1.35. The molecule has 7 nitrogen and oxygen atoms in total. The molecule has 0 aliphatic carbocycles. The average molecular weight is 262 g/mol. The van der Waals surface area contributed by atoms with Gasteiger partial charge in [-0.05, 0) is 6.92 Å². The maximum Gasteiger partial charge on any atom is 0.308 e. The van der Waals surface area contributed by atoms with Gasteiger partial charge in [0.25, 0.3) is 0 Å². The van der Waals surface area contributed by atoms with Crippen LogP contribution in [0.1, 0.15) is 12.7 Å². The predicted molar refractivity (Wildman–Crippen MR) is 60.2 cm³/mol. The molecule has 1 unspecified atom stereocenters. The summed E-state index contributed by atoms with van der Waals surface area (Å²) in [5, 5.41) is 12.4. The van der Waals surface area contributed by atoms with E-state index in [2.05, 4.69) is 5.16 Å². The molecule has 0 fully saturated rings. The van der Waals surface area contributed by atoms with Crippen LogP contribution < -0.4 is 4.31 Å². The average Bonchev–Trinajstić information content (AvgIpc) is 2.58. The SMILES string of the molecule is Cc1cc(N(CC(C)C(=O)O)S(C)(=O)=O)no1. The van der Waals surface area contributed by atoms with Crippen molar-refractivity contribution in [3.05, 3.63) is 11.8 Å². The smallest absolute Gasteiger partial charge is 0.308 e. The first kappa shape index (κ1) is 13.5. The lowest BCUT2D eigenvalue weighted by atomic mass is 10.2. The zero-order valence-electron chi connectivity index (χ0n) is 9.74. The second kappa shape index (κ2) is 4.74. The Bertz CT molecular complexity index is 507. The van der Waals surface area contributed by atoms with Gasteiger partial charge in [-0.2, -0.15) is 0 Å². The van der Waals surface area contributed by atoms with Crippen LogP contribution in [-0.2, 0) is 14.8 Å². The van der Waals surface area contributed by atoms with Crippen LogP contribution in [0.25, 0.3) is 0 Å². The number of rotatable bonds is 5. The van der Waals surface area contributed by atoms with E-state index in [9.17, 15) is 13.2 Å². The Morgan fingerprint density at radius 3 is 2.59 bits per heavy atom. The molecule has 96 valence electrons. The van der Waals surface area contributed by atoms with Gasteiger partial charge in [0.15, 0.2) is 5.82 Å². The lowest BCUT2D eigenvalue weighted by Crippen LogP contribution is -2.36. The molecule has 1 heterocycles. The van der Waals surface area contributed by atoms with Gasteiger partial charge < -0.3 is 9.63 Å². The van der Waals surface area contributed by atoms with Crippen molar-refractivity contribution in [2.24, 2.45) is 5.92 Å². The van der Waals surface area contributed by atoms with Crippen LogP contribution in [0.15, 0.2) is 10.6 Å². The van der Waals surface area contributed by atoms with Crippen molar-refractivity contribution in [1.29, 1.82) is 0 Å². The molecule has 0 amide bonds. The number of carbonyl (C=O) groups is 1. The molecule has 1 aromatic heterocycles. The van der Waals surface area contributed by atoms with Crippen molar-refractivity contribution >= 4 is 21.8 Å². The molecular formula is C9H14N2O5S. The highest BCUT2D eigenvalue weighted by Crippen LogP contribution is 2.18. The van der Waals surface area contributed by atoms with Gasteiger partial charge in [-0.15, -0.1) is 0 Å². The van der Waals surface area contributed by atoms with Gasteiger partial charge in [0.1, 0.15) is 5.76 Å². The van der Waals surface area contributed by atoms with Crippen molar-refractivity contribution in [2.45, 2.75) is 13.8 Å². The standard InChI is InChI=1S/C9H14N2O5S/c1-6(9(12)13)5-11(17(3,14)15)8-4-7(2)16-10-8/h4,6H,5H2,1-3H3,(H,12,13). The highest BCUT2D eigenvalue weighted by atomic mass is 32.2. The second-order valence-corrected chi connectivity index (χ2v) is 5.74. The van der Waals surface area contributed by atoms with Crippen LogP contribution in [0, 0.1) is 12.8 Å². The van der Waals surface area contributed by atoms with Crippen molar-refractivity contribution in [3.8, 4) is 0 Å². The van der Waals surface area contributed by atoms with Crippen molar-refractivity contribution in [3.63, 3.8) is 0 Å². The monoisotopic (exact) mass is 262 g/mol. The summed E-state index contributed by atoms with van der Waals surface area (Å²) in [6.45, 7) is 2.87. The first-order valence-corrected chi connectivity index (χ1v) is 6.70. The normalized spacial score (nSPS) is 13.4. The number of anilines is 1. The Morgan fingerprint density at radius 2 is 2.24 bits per heavy atom. The summed E-state index contributed by atoms with van der Waals surface area (Å²) >= 11 is 0. The van der Waals surface area contributed by atoms with Crippen LogP contribution in [0.4, 0.5) is 5.82 Å². The van der Waals surface area contributed by atoms with Gasteiger partial charge in [0.05, 0.1) is 12.2 Å². The molecule has 0 aliphatic rings. The number of carboxylic acid groups (broad SMARTS) is 1. The lowest BCUT2D eigenvalue weighted by Gasteiger charge is -2.20. The molecule has 0 spiro atoms. The number of aromatic nitrogens is 1. The zero-order chi connectivity index (χ0) is 13.2. The van der Waals surface area contributed by atoms with E-state index in [4.69, 9.17) is 9.63 Å². The van der Waals surface area contributed by atoms with E-state index < -0.39 is 21.9 Å². The molecule has 0 bridgehead atoms. The van der Waals surface area contributed by atoms with E-state index in [1.54, 1.807) is 6.92 Å². The molecule has 0 aromatic carbocycles. The van der Waals surface area contributed by atoms with Crippen LogP contribution in [0.3, 0.4) is 0 Å². The first-order chi connectivity index (χ1) is 7.71. The molecule has 0 aliphatic heterocycles. The molecular weight excluding hydrogens is 248 g/mol. The molecule has 1 atom stereocenters. The van der Waals surface area contributed by atoms with Crippen molar-refractivity contribution in [1.82, 2.24) is 5.16 Å². The third-order valence-electron chi connectivity index (χ3n) is 2.13. The summed E-state index contributed by atoms with van der Waals surface area (Å²) in [4.78, 5) is 10.7. The van der Waals surface area contributed by atoms with E-state index in [1.165, 1.54) is 13.0 Å². The molecule has 0 saturated carbocycles. The summed E-state index contributed by atoms with van der Waals surface area (Å²) < 4.78 is 28.8. The Balaban J connectivity index is 3.02. The third kappa shape index (κ3) is 3.45. The van der Waals surface area contributed by atoms with Gasteiger partial charge >= 0.3 is 5.97 Å². The van der Waals surface area contributed by atoms with Crippen LogP contribution >= 0.6 is 0 Å². The number of aliphatic carboxylic acids is 1. The molecule has 0 radical (unpaired) electrons. The molecule has 1 N–H and O–H groups in total. The molecule has 1 rings (SSSR count). The number of carboxylic acids is 1. The number of aryl methyl sites for hydroxylation is 1. The maximum absolute atomic E-state index is 11.6. The Kier molecular flexibility index (Phi) is 3.76. The molecule has 8 heteroatoms. The minimum absolute atomic E-state index is 0.0955. The topological polar surface area (TPSA) is 101 Å². The Labute approximate surface area is 99.1 Å². The fraction of sp³-hybridized carbons (Fsp3) is 0.556. The van der Waals surface area contributed by atoms with Crippen molar-refractivity contribution in [2.75, 3.05) is 17.1 Å². The fourth-order valence-electron chi connectivity index (χ4n) is 1.20. The fourth-order valence-corrected chi connectivity index (χ4v) is 2.12. The third-order valence-corrected chi connectivity index (χ3v) is 3.27. The lowest BCUT2D eigenvalue weighted by molar-refractivity contribution is -0.140. The van der Waals surface area contributed by atoms with Crippen LogP contribution in [0.2, 0.25) is 0 Å². The zero-order valence-corrected chi connectivity index (χ0v) is 10.6. The van der Waals surface area contributed by atoms with E-state index in [1.807, 2.05) is 0 Å². The molecule has 17 heavy (non-hydrogen) atoms. The Hall–Kier alpha value is -1.57. The summed E-state index contributed by atoms with van der Waals surface area (Å²) in [6, 6.07) is 1.44. The first-order valence-electron chi connectivity index (χ1n) is 4.85. The van der Waals surface area contributed by atoms with Gasteiger partial charge in [-0.25, -0.2) is 8.42 Å². The van der Waals surface area contributed by atoms with Crippen molar-refractivity contribution < 1.29 is 22.8 Å².